The summed E-state index contributed by atoms with van der Waals surface area (Å²) in [6.07, 6.45) is 1.37. The Morgan fingerprint density at radius 3 is 2.25 bits per heavy atom. The number of nitrogens with zero attached hydrogens (tertiary/aromatic N) is 1. The number of nitrogen functional groups attached to an aromatic ring is 1. The van der Waals surface area contributed by atoms with Gasteiger partial charge in [-0.1, -0.05) is 26.0 Å². The molecule has 0 aromatic heterocycles. The summed E-state index contributed by atoms with van der Waals surface area (Å²) in [5.74, 6) is 1.66. The number of piperidine rings is 1. The lowest BCUT2D eigenvalue weighted by Crippen LogP contribution is -2.38. The van der Waals surface area contributed by atoms with Gasteiger partial charge in [0, 0.05) is 25.3 Å². The van der Waals surface area contributed by atoms with Crippen molar-refractivity contribution in [1.29, 1.82) is 0 Å². The maximum absolute atomic E-state index is 5.69. The molecule has 0 spiro atoms. The molecule has 2 nitrogen and oxygen atoms in total. The van der Waals surface area contributed by atoms with Gasteiger partial charge in [-0.3, -0.25) is 4.90 Å². The first-order valence-corrected chi connectivity index (χ1v) is 6.20. The van der Waals surface area contributed by atoms with E-state index in [0.717, 1.165) is 24.1 Å². The van der Waals surface area contributed by atoms with Crippen LogP contribution in [0.25, 0.3) is 0 Å². The Kier molecular flexibility index (Phi) is 3.49. The summed E-state index contributed by atoms with van der Waals surface area (Å²) in [4.78, 5) is 2.56. The van der Waals surface area contributed by atoms with Crippen LogP contribution in [0.3, 0.4) is 0 Å². The Morgan fingerprint density at radius 2 is 1.69 bits per heavy atom. The number of hydrogen-bond donors (Lipinski definition) is 1. The Bertz CT molecular complexity index is 321. The Morgan fingerprint density at radius 1 is 1.12 bits per heavy atom. The first-order valence-electron chi connectivity index (χ1n) is 6.20. The monoisotopic (exact) mass is 218 g/mol. The maximum Gasteiger partial charge on any atom is 0.0314 e. The van der Waals surface area contributed by atoms with Gasteiger partial charge in [0.25, 0.3) is 0 Å². The summed E-state index contributed by atoms with van der Waals surface area (Å²) in [6, 6.07) is 8.26. The second-order valence-corrected chi connectivity index (χ2v) is 5.38. The summed E-state index contributed by atoms with van der Waals surface area (Å²) in [5, 5.41) is 0. The van der Waals surface area contributed by atoms with Crippen molar-refractivity contribution in [2.75, 3.05) is 18.8 Å². The molecule has 1 aromatic rings. The molecule has 0 aliphatic carbocycles. The SMILES string of the molecule is C[C@H]1C[C@H](C)CN(Cc2ccc(N)cc2)C1. The normalized spacial score (nSPS) is 26.9. The first kappa shape index (κ1) is 11.5. The third-order valence-corrected chi connectivity index (χ3v) is 3.33. The van der Waals surface area contributed by atoms with E-state index in [0.29, 0.717) is 0 Å². The smallest absolute Gasteiger partial charge is 0.0314 e. The molecule has 88 valence electrons. The van der Waals surface area contributed by atoms with Gasteiger partial charge in [-0.05, 0) is 36.0 Å². The third kappa shape index (κ3) is 2.99. The van der Waals surface area contributed by atoms with Crippen LogP contribution in [-0.2, 0) is 6.54 Å². The van der Waals surface area contributed by atoms with Gasteiger partial charge in [0.1, 0.15) is 0 Å². The van der Waals surface area contributed by atoms with Gasteiger partial charge in [-0.25, -0.2) is 0 Å². The van der Waals surface area contributed by atoms with Gasteiger partial charge >= 0.3 is 0 Å². The highest BCUT2D eigenvalue weighted by Gasteiger charge is 2.21. The van der Waals surface area contributed by atoms with Gasteiger partial charge in [0.2, 0.25) is 0 Å². The molecule has 0 radical (unpaired) electrons. The zero-order valence-electron chi connectivity index (χ0n) is 10.3. The average Bonchev–Trinajstić information content (AvgIpc) is 2.20. The number of benzene rings is 1. The molecule has 2 heteroatoms. The van der Waals surface area contributed by atoms with Crippen molar-refractivity contribution in [2.45, 2.75) is 26.8 Å². The molecule has 0 bridgehead atoms. The van der Waals surface area contributed by atoms with Crippen molar-refractivity contribution in [1.82, 2.24) is 4.90 Å². The van der Waals surface area contributed by atoms with Gasteiger partial charge in [0.05, 0.1) is 0 Å². The van der Waals surface area contributed by atoms with Crippen molar-refractivity contribution >= 4 is 5.69 Å². The predicted molar refractivity (Wildman–Crippen MR) is 69.1 cm³/mol. The number of nitrogens with two attached hydrogens (primary N) is 1. The molecular weight excluding hydrogens is 196 g/mol. The van der Waals surface area contributed by atoms with Crippen LogP contribution in [0.2, 0.25) is 0 Å². The minimum absolute atomic E-state index is 0.831. The largest absolute Gasteiger partial charge is 0.399 e. The van der Waals surface area contributed by atoms with Crippen molar-refractivity contribution in [2.24, 2.45) is 11.8 Å². The van der Waals surface area contributed by atoms with Crippen molar-refractivity contribution in [3.8, 4) is 0 Å². The highest BCUT2D eigenvalue weighted by Crippen LogP contribution is 2.22. The van der Waals surface area contributed by atoms with Crippen LogP contribution in [0.4, 0.5) is 5.69 Å². The Hall–Kier alpha value is -1.02. The second-order valence-electron chi connectivity index (χ2n) is 5.38. The van der Waals surface area contributed by atoms with Crippen molar-refractivity contribution in [3.63, 3.8) is 0 Å². The number of rotatable bonds is 2. The minimum atomic E-state index is 0.831. The zero-order chi connectivity index (χ0) is 11.5. The molecule has 1 saturated heterocycles. The van der Waals surface area contributed by atoms with E-state index in [1.807, 2.05) is 12.1 Å². The molecule has 2 N–H and O–H groups in total. The van der Waals surface area contributed by atoms with Gasteiger partial charge in [0.15, 0.2) is 0 Å². The molecule has 1 fully saturated rings. The number of anilines is 1. The molecule has 16 heavy (non-hydrogen) atoms. The molecule has 1 aliphatic heterocycles. The summed E-state index contributed by atoms with van der Waals surface area (Å²) >= 11 is 0. The van der Waals surface area contributed by atoms with Crippen LogP contribution in [0.1, 0.15) is 25.8 Å². The lowest BCUT2D eigenvalue weighted by atomic mass is 9.91. The summed E-state index contributed by atoms with van der Waals surface area (Å²) in [7, 11) is 0. The Labute approximate surface area is 98.4 Å². The van der Waals surface area contributed by atoms with E-state index in [9.17, 15) is 0 Å². The maximum atomic E-state index is 5.69. The van der Waals surface area contributed by atoms with Gasteiger partial charge in [-0.15, -0.1) is 0 Å². The van der Waals surface area contributed by atoms with E-state index < -0.39 is 0 Å². The summed E-state index contributed by atoms with van der Waals surface area (Å²) < 4.78 is 0. The van der Waals surface area contributed by atoms with Crippen LogP contribution in [0.15, 0.2) is 24.3 Å². The fourth-order valence-corrected chi connectivity index (χ4v) is 2.80. The molecule has 0 amide bonds. The highest BCUT2D eigenvalue weighted by atomic mass is 15.1. The van der Waals surface area contributed by atoms with E-state index in [1.54, 1.807) is 0 Å². The van der Waals surface area contributed by atoms with Crippen LogP contribution in [-0.4, -0.2) is 18.0 Å². The molecule has 1 aliphatic rings. The zero-order valence-corrected chi connectivity index (χ0v) is 10.3. The summed E-state index contributed by atoms with van der Waals surface area (Å²) in [5.41, 5.74) is 7.91. The first-order chi connectivity index (χ1) is 7.63. The molecule has 0 saturated carbocycles. The van der Waals surface area contributed by atoms with E-state index in [-0.39, 0.29) is 0 Å². The fourth-order valence-electron chi connectivity index (χ4n) is 2.80. The van der Waals surface area contributed by atoms with Crippen LogP contribution in [0, 0.1) is 11.8 Å². The quantitative estimate of drug-likeness (QED) is 0.773. The lowest BCUT2D eigenvalue weighted by molar-refractivity contribution is 0.134. The molecule has 2 rings (SSSR count). The van der Waals surface area contributed by atoms with Crippen molar-refractivity contribution < 1.29 is 0 Å². The Balaban J connectivity index is 1.96. The second kappa shape index (κ2) is 4.88. The van der Waals surface area contributed by atoms with Crippen LogP contribution in [0.5, 0.6) is 0 Å². The molecule has 0 unspecified atom stereocenters. The van der Waals surface area contributed by atoms with E-state index in [4.69, 9.17) is 5.73 Å². The molecule has 1 aromatic carbocycles. The lowest BCUT2D eigenvalue weighted by Gasteiger charge is -2.35. The van der Waals surface area contributed by atoms with Crippen LogP contribution >= 0.6 is 0 Å². The molecule has 1 heterocycles. The predicted octanol–water partition coefficient (Wildman–Crippen LogP) is 2.75. The third-order valence-electron chi connectivity index (χ3n) is 3.33. The topological polar surface area (TPSA) is 29.3 Å². The van der Waals surface area contributed by atoms with Gasteiger partial charge < -0.3 is 5.73 Å². The molecule has 2 atom stereocenters. The van der Waals surface area contributed by atoms with Crippen LogP contribution < -0.4 is 5.73 Å². The molecular formula is C14H22N2. The highest BCUT2D eigenvalue weighted by molar-refractivity contribution is 5.39. The number of hydrogen-bond acceptors (Lipinski definition) is 2. The van der Waals surface area contributed by atoms with E-state index >= 15 is 0 Å². The van der Waals surface area contributed by atoms with Gasteiger partial charge in [-0.2, -0.15) is 0 Å². The average molecular weight is 218 g/mol. The standard InChI is InChI=1S/C14H22N2/c1-11-7-12(2)9-16(8-11)10-13-3-5-14(15)6-4-13/h3-6,11-12H,7-10,15H2,1-2H3/t11-,12-/m0/s1. The number of likely N-dealkylation sites (tertiary alicyclic amines) is 1. The summed E-state index contributed by atoms with van der Waals surface area (Å²) in [6.45, 7) is 8.23. The van der Waals surface area contributed by atoms with E-state index in [1.165, 1.54) is 25.1 Å². The minimum Gasteiger partial charge on any atom is -0.399 e. The van der Waals surface area contributed by atoms with Crippen molar-refractivity contribution in [3.05, 3.63) is 29.8 Å². The van der Waals surface area contributed by atoms with E-state index in [2.05, 4.69) is 30.9 Å². The fraction of sp³-hybridized carbons (Fsp3) is 0.571.